The maximum atomic E-state index is 10.0. The number of nitrogens with zero attached hydrogens (tertiary/aromatic N) is 3. The number of nitrogens with one attached hydrogen (secondary N) is 1. The topological polar surface area (TPSA) is 61.3 Å². The molecule has 0 aliphatic heterocycles. The molecule has 5 heteroatoms. The minimum absolute atomic E-state index is 0.549. The molecular formula is C14H26N4O. The van der Waals surface area contributed by atoms with Gasteiger partial charge in [-0.3, -0.25) is 0 Å². The molecule has 1 rings (SSSR count). The van der Waals surface area contributed by atoms with Crippen LogP contribution >= 0.6 is 0 Å². The molecule has 0 saturated carbocycles. The van der Waals surface area contributed by atoms with E-state index in [0.717, 1.165) is 36.0 Å². The summed E-state index contributed by atoms with van der Waals surface area (Å²) in [6.07, 6.45) is 0.794. The van der Waals surface area contributed by atoms with Crippen molar-refractivity contribution in [3.63, 3.8) is 0 Å². The first kappa shape index (κ1) is 15.7. The Bertz CT molecular complexity index is 426. The summed E-state index contributed by atoms with van der Waals surface area (Å²) in [6.45, 7) is 11.1. The van der Waals surface area contributed by atoms with E-state index in [9.17, 15) is 5.11 Å². The third kappa shape index (κ3) is 4.06. The van der Waals surface area contributed by atoms with Crippen LogP contribution < -0.4 is 10.2 Å². The Morgan fingerprint density at radius 1 is 1.26 bits per heavy atom. The summed E-state index contributed by atoms with van der Waals surface area (Å²) in [4.78, 5) is 11.2. The van der Waals surface area contributed by atoms with E-state index >= 15 is 0 Å². The lowest BCUT2D eigenvalue weighted by molar-refractivity contribution is 0.0874. The summed E-state index contributed by atoms with van der Waals surface area (Å²) >= 11 is 0. The second-order valence-electron chi connectivity index (χ2n) is 5.37. The largest absolute Gasteiger partial charge is 0.389 e. The highest BCUT2D eigenvalue weighted by Gasteiger charge is 2.21. The Hall–Kier alpha value is -1.36. The molecule has 0 saturated heterocycles. The summed E-state index contributed by atoms with van der Waals surface area (Å²) in [7, 11) is 1.87. The van der Waals surface area contributed by atoms with E-state index in [1.807, 2.05) is 34.7 Å². The average molecular weight is 266 g/mol. The van der Waals surface area contributed by atoms with Crippen LogP contribution in [0.15, 0.2) is 0 Å². The minimum atomic E-state index is -0.750. The molecule has 1 heterocycles. The fraction of sp³-hybridized carbons (Fsp3) is 0.714. The third-order valence-corrected chi connectivity index (χ3v) is 2.98. The van der Waals surface area contributed by atoms with E-state index in [1.165, 1.54) is 0 Å². The van der Waals surface area contributed by atoms with Crippen molar-refractivity contribution in [2.75, 3.05) is 30.4 Å². The van der Waals surface area contributed by atoms with E-state index in [2.05, 4.69) is 27.1 Å². The molecule has 2 N–H and O–H groups in total. The summed E-state index contributed by atoms with van der Waals surface area (Å²) < 4.78 is 0. The van der Waals surface area contributed by atoms with Crippen molar-refractivity contribution in [3.05, 3.63) is 11.4 Å². The van der Waals surface area contributed by atoms with Gasteiger partial charge < -0.3 is 15.3 Å². The van der Waals surface area contributed by atoms with Crippen molar-refractivity contribution in [2.24, 2.45) is 0 Å². The van der Waals surface area contributed by atoms with Gasteiger partial charge in [0.2, 0.25) is 0 Å². The first-order chi connectivity index (χ1) is 8.82. The van der Waals surface area contributed by atoms with Gasteiger partial charge in [0, 0.05) is 32.1 Å². The number of hydrogen-bond donors (Lipinski definition) is 2. The number of aliphatic hydroxyl groups is 1. The zero-order valence-electron chi connectivity index (χ0n) is 12.9. The highest BCUT2D eigenvalue weighted by Crippen LogP contribution is 2.24. The molecule has 0 radical (unpaired) electrons. The van der Waals surface area contributed by atoms with Gasteiger partial charge in [0.15, 0.2) is 0 Å². The van der Waals surface area contributed by atoms with Gasteiger partial charge in [0.25, 0.3) is 0 Å². The number of rotatable bonds is 6. The SMILES string of the molecule is CCc1nc(NC)c(C)c(N(CC)CC(C)(C)O)n1. The molecule has 0 amide bonds. The number of likely N-dealkylation sites (N-methyl/N-ethyl adjacent to an activating group) is 1. The number of aryl methyl sites for hydroxylation is 1. The van der Waals surface area contributed by atoms with Crippen LogP contribution in [0.5, 0.6) is 0 Å². The van der Waals surface area contributed by atoms with Crippen LogP contribution in [0, 0.1) is 6.92 Å². The van der Waals surface area contributed by atoms with Crippen LogP contribution in [-0.2, 0) is 6.42 Å². The summed E-state index contributed by atoms with van der Waals surface area (Å²) in [6, 6.07) is 0. The molecule has 1 aromatic rings. The highest BCUT2D eigenvalue weighted by atomic mass is 16.3. The van der Waals surface area contributed by atoms with Crippen molar-refractivity contribution < 1.29 is 5.11 Å². The highest BCUT2D eigenvalue weighted by molar-refractivity contribution is 5.58. The number of anilines is 2. The quantitative estimate of drug-likeness (QED) is 0.824. The zero-order valence-corrected chi connectivity index (χ0v) is 12.9. The van der Waals surface area contributed by atoms with Crippen molar-refractivity contribution in [1.29, 1.82) is 0 Å². The molecule has 108 valence electrons. The predicted molar refractivity (Wildman–Crippen MR) is 79.9 cm³/mol. The van der Waals surface area contributed by atoms with Crippen LogP contribution in [0.4, 0.5) is 11.6 Å². The van der Waals surface area contributed by atoms with Gasteiger partial charge in [-0.1, -0.05) is 6.92 Å². The van der Waals surface area contributed by atoms with Crippen LogP contribution in [0.2, 0.25) is 0 Å². The molecule has 0 bridgehead atoms. The third-order valence-electron chi connectivity index (χ3n) is 2.98. The van der Waals surface area contributed by atoms with E-state index in [-0.39, 0.29) is 0 Å². The summed E-state index contributed by atoms with van der Waals surface area (Å²) in [5.74, 6) is 2.58. The Morgan fingerprint density at radius 2 is 1.89 bits per heavy atom. The van der Waals surface area contributed by atoms with Crippen molar-refractivity contribution >= 4 is 11.6 Å². The fourth-order valence-corrected chi connectivity index (χ4v) is 2.06. The van der Waals surface area contributed by atoms with Crippen LogP contribution in [0.25, 0.3) is 0 Å². The lowest BCUT2D eigenvalue weighted by Crippen LogP contribution is -2.39. The lowest BCUT2D eigenvalue weighted by Gasteiger charge is -2.30. The molecule has 0 aromatic carbocycles. The summed E-state index contributed by atoms with van der Waals surface area (Å²) in [5, 5.41) is 13.1. The normalized spacial score (nSPS) is 11.5. The molecule has 1 aromatic heterocycles. The molecule has 0 aliphatic carbocycles. The van der Waals surface area contributed by atoms with Crippen LogP contribution in [0.1, 0.15) is 39.1 Å². The Labute approximate surface area is 116 Å². The molecule has 5 nitrogen and oxygen atoms in total. The monoisotopic (exact) mass is 266 g/mol. The molecule has 0 atom stereocenters. The Kier molecular flexibility index (Phi) is 5.11. The van der Waals surface area contributed by atoms with Gasteiger partial charge >= 0.3 is 0 Å². The van der Waals surface area contributed by atoms with Crippen molar-refractivity contribution in [1.82, 2.24) is 9.97 Å². The van der Waals surface area contributed by atoms with Crippen LogP contribution in [-0.4, -0.2) is 40.8 Å². The maximum Gasteiger partial charge on any atom is 0.137 e. The predicted octanol–water partition coefficient (Wildman–Crippen LogP) is 1.99. The average Bonchev–Trinajstić information content (AvgIpc) is 2.35. The molecule has 19 heavy (non-hydrogen) atoms. The number of aromatic nitrogens is 2. The fourth-order valence-electron chi connectivity index (χ4n) is 2.06. The van der Waals surface area contributed by atoms with E-state index in [0.29, 0.717) is 6.54 Å². The molecule has 0 spiro atoms. The van der Waals surface area contributed by atoms with Gasteiger partial charge in [-0.15, -0.1) is 0 Å². The summed E-state index contributed by atoms with van der Waals surface area (Å²) in [5.41, 5.74) is 0.269. The lowest BCUT2D eigenvalue weighted by atomic mass is 10.1. The first-order valence-corrected chi connectivity index (χ1v) is 6.85. The van der Waals surface area contributed by atoms with E-state index in [4.69, 9.17) is 0 Å². The van der Waals surface area contributed by atoms with Gasteiger partial charge in [-0.25, -0.2) is 9.97 Å². The molecule has 0 unspecified atom stereocenters. The Morgan fingerprint density at radius 3 is 2.32 bits per heavy atom. The molecule has 0 aliphatic rings. The smallest absolute Gasteiger partial charge is 0.137 e. The van der Waals surface area contributed by atoms with Crippen LogP contribution in [0.3, 0.4) is 0 Å². The number of hydrogen-bond acceptors (Lipinski definition) is 5. The zero-order chi connectivity index (χ0) is 14.6. The molecular weight excluding hydrogens is 240 g/mol. The van der Waals surface area contributed by atoms with Crippen molar-refractivity contribution in [3.8, 4) is 0 Å². The second-order valence-corrected chi connectivity index (χ2v) is 5.37. The van der Waals surface area contributed by atoms with Gasteiger partial charge in [-0.2, -0.15) is 0 Å². The van der Waals surface area contributed by atoms with E-state index in [1.54, 1.807) is 0 Å². The van der Waals surface area contributed by atoms with Crippen molar-refractivity contribution in [2.45, 2.75) is 46.6 Å². The minimum Gasteiger partial charge on any atom is -0.389 e. The molecule has 0 fully saturated rings. The second kappa shape index (κ2) is 6.19. The standard InChI is InChI=1S/C14H26N4O/c1-7-11-16-12(15-6)10(3)13(17-11)18(8-2)9-14(4,5)19/h19H,7-9H2,1-6H3,(H,15,16,17). The first-order valence-electron chi connectivity index (χ1n) is 6.85. The Balaban J connectivity index is 3.22. The van der Waals surface area contributed by atoms with Gasteiger partial charge in [0.1, 0.15) is 17.5 Å². The van der Waals surface area contributed by atoms with Gasteiger partial charge in [-0.05, 0) is 27.7 Å². The van der Waals surface area contributed by atoms with Gasteiger partial charge in [0.05, 0.1) is 5.60 Å². The maximum absolute atomic E-state index is 10.0. The van der Waals surface area contributed by atoms with E-state index < -0.39 is 5.60 Å².